The molecule has 4 rings (SSSR count). The van der Waals surface area contributed by atoms with Gasteiger partial charge in [-0.3, -0.25) is 4.79 Å². The number of H-pyrrole nitrogens is 2. The quantitative estimate of drug-likeness (QED) is 0.561. The molecular weight excluding hydrogens is 358 g/mol. The SMILES string of the molecule is O=C(Nc1ccc2[nH]c(=O)[nH]c2c1)C1CCCN(C(=O)Nc2ccccc2)C1. The van der Waals surface area contributed by atoms with Crippen molar-refractivity contribution in [2.24, 2.45) is 5.92 Å². The molecule has 1 unspecified atom stereocenters. The molecule has 1 aliphatic heterocycles. The van der Waals surface area contributed by atoms with Gasteiger partial charge in [0.25, 0.3) is 0 Å². The van der Waals surface area contributed by atoms with Crippen LogP contribution in [0.4, 0.5) is 16.2 Å². The van der Waals surface area contributed by atoms with Crippen molar-refractivity contribution in [3.63, 3.8) is 0 Å². The molecule has 0 bridgehead atoms. The Labute approximate surface area is 160 Å². The number of likely N-dealkylation sites (tertiary alicyclic amines) is 1. The molecular formula is C20H21N5O3. The standard InChI is InChI=1S/C20H21N5O3/c26-18(21-15-8-9-16-17(11-15)24-19(27)23-16)13-5-4-10-25(12-13)20(28)22-14-6-2-1-3-7-14/h1-3,6-9,11,13H,4-5,10,12H2,(H,21,26)(H,22,28)(H2,23,24,27). The topological polar surface area (TPSA) is 110 Å². The maximum absolute atomic E-state index is 12.7. The summed E-state index contributed by atoms with van der Waals surface area (Å²) >= 11 is 0. The third kappa shape index (κ3) is 3.90. The summed E-state index contributed by atoms with van der Waals surface area (Å²) in [7, 11) is 0. The molecule has 1 fully saturated rings. The lowest BCUT2D eigenvalue weighted by molar-refractivity contribution is -0.121. The van der Waals surface area contributed by atoms with Crippen LogP contribution in [-0.2, 0) is 4.79 Å². The average Bonchev–Trinajstić information content (AvgIpc) is 3.08. The van der Waals surface area contributed by atoms with Crippen LogP contribution >= 0.6 is 0 Å². The molecule has 2 heterocycles. The van der Waals surface area contributed by atoms with Gasteiger partial charge in [-0.2, -0.15) is 0 Å². The van der Waals surface area contributed by atoms with Crippen LogP contribution in [0.5, 0.6) is 0 Å². The molecule has 2 aromatic carbocycles. The van der Waals surface area contributed by atoms with Gasteiger partial charge < -0.3 is 25.5 Å². The van der Waals surface area contributed by atoms with E-state index in [9.17, 15) is 14.4 Å². The number of aromatic nitrogens is 2. The van der Waals surface area contributed by atoms with Gasteiger partial charge in [-0.15, -0.1) is 0 Å². The first-order chi connectivity index (χ1) is 13.6. The predicted octanol–water partition coefficient (Wildman–Crippen LogP) is 2.74. The highest BCUT2D eigenvalue weighted by atomic mass is 16.2. The normalized spacial score (nSPS) is 16.7. The van der Waals surface area contributed by atoms with Gasteiger partial charge in [0, 0.05) is 24.5 Å². The van der Waals surface area contributed by atoms with E-state index >= 15 is 0 Å². The molecule has 28 heavy (non-hydrogen) atoms. The van der Waals surface area contributed by atoms with E-state index in [2.05, 4.69) is 20.6 Å². The van der Waals surface area contributed by atoms with Crippen LogP contribution in [-0.4, -0.2) is 39.9 Å². The Balaban J connectivity index is 1.39. The zero-order chi connectivity index (χ0) is 19.5. The van der Waals surface area contributed by atoms with Crippen molar-refractivity contribution in [2.75, 3.05) is 23.7 Å². The van der Waals surface area contributed by atoms with Gasteiger partial charge in [0.2, 0.25) is 5.91 Å². The second-order valence-electron chi connectivity index (χ2n) is 6.91. The predicted molar refractivity (Wildman–Crippen MR) is 107 cm³/mol. The van der Waals surface area contributed by atoms with Crippen LogP contribution in [0.1, 0.15) is 12.8 Å². The highest BCUT2D eigenvalue weighted by molar-refractivity contribution is 5.95. The van der Waals surface area contributed by atoms with Crippen LogP contribution in [0.15, 0.2) is 53.3 Å². The molecule has 8 heteroatoms. The van der Waals surface area contributed by atoms with Crippen LogP contribution < -0.4 is 16.3 Å². The number of anilines is 2. The number of fused-ring (bicyclic) bond motifs is 1. The van der Waals surface area contributed by atoms with Crippen molar-refractivity contribution in [1.29, 1.82) is 0 Å². The molecule has 1 aromatic heterocycles. The molecule has 0 spiro atoms. The second kappa shape index (κ2) is 7.59. The fourth-order valence-corrected chi connectivity index (χ4v) is 3.45. The van der Waals surface area contributed by atoms with Crippen LogP contribution in [0.3, 0.4) is 0 Å². The van der Waals surface area contributed by atoms with Gasteiger partial charge in [0.1, 0.15) is 0 Å². The zero-order valence-electron chi connectivity index (χ0n) is 15.2. The molecule has 4 N–H and O–H groups in total. The minimum atomic E-state index is -0.286. The molecule has 0 radical (unpaired) electrons. The molecule has 3 aromatic rings. The Hall–Kier alpha value is -3.55. The Kier molecular flexibility index (Phi) is 4.84. The van der Waals surface area contributed by atoms with Crippen molar-refractivity contribution < 1.29 is 9.59 Å². The zero-order valence-corrected chi connectivity index (χ0v) is 15.2. The van der Waals surface area contributed by atoms with Crippen molar-refractivity contribution >= 4 is 34.3 Å². The fraction of sp³-hybridized carbons (Fsp3) is 0.250. The molecule has 1 saturated heterocycles. The van der Waals surface area contributed by atoms with Crippen LogP contribution in [0.2, 0.25) is 0 Å². The van der Waals surface area contributed by atoms with E-state index in [4.69, 9.17) is 0 Å². The number of carbonyl (C=O) groups excluding carboxylic acids is 2. The van der Waals surface area contributed by atoms with Gasteiger partial charge in [-0.05, 0) is 43.2 Å². The Morgan fingerprint density at radius 2 is 1.75 bits per heavy atom. The number of para-hydroxylation sites is 1. The summed E-state index contributed by atoms with van der Waals surface area (Å²) in [4.78, 5) is 43.5. The summed E-state index contributed by atoms with van der Waals surface area (Å²) < 4.78 is 0. The van der Waals surface area contributed by atoms with Gasteiger partial charge in [-0.25, -0.2) is 9.59 Å². The Bertz CT molecular complexity index is 1060. The number of imidazole rings is 1. The molecule has 3 amide bonds. The van der Waals surface area contributed by atoms with Crippen LogP contribution in [0, 0.1) is 5.92 Å². The number of amides is 3. The van der Waals surface area contributed by atoms with Gasteiger partial charge in [0.15, 0.2) is 0 Å². The fourth-order valence-electron chi connectivity index (χ4n) is 3.45. The number of piperidine rings is 1. The van der Waals surface area contributed by atoms with E-state index in [0.717, 1.165) is 18.5 Å². The highest BCUT2D eigenvalue weighted by Gasteiger charge is 2.28. The molecule has 144 valence electrons. The Morgan fingerprint density at radius 3 is 2.57 bits per heavy atom. The number of rotatable bonds is 3. The first-order valence-corrected chi connectivity index (χ1v) is 9.22. The number of nitrogens with zero attached hydrogens (tertiary/aromatic N) is 1. The summed E-state index contributed by atoms with van der Waals surface area (Å²) in [6.07, 6.45) is 1.49. The van der Waals surface area contributed by atoms with E-state index in [1.54, 1.807) is 23.1 Å². The number of urea groups is 1. The van der Waals surface area contributed by atoms with E-state index in [1.165, 1.54) is 0 Å². The van der Waals surface area contributed by atoms with Crippen LogP contribution in [0.25, 0.3) is 11.0 Å². The number of aromatic amines is 2. The maximum Gasteiger partial charge on any atom is 0.323 e. The summed E-state index contributed by atoms with van der Waals surface area (Å²) in [6.45, 7) is 0.993. The van der Waals surface area contributed by atoms with Crippen molar-refractivity contribution in [3.8, 4) is 0 Å². The van der Waals surface area contributed by atoms with E-state index in [0.29, 0.717) is 29.8 Å². The van der Waals surface area contributed by atoms with Crippen molar-refractivity contribution in [1.82, 2.24) is 14.9 Å². The number of benzene rings is 2. The highest BCUT2D eigenvalue weighted by Crippen LogP contribution is 2.21. The Morgan fingerprint density at radius 1 is 0.964 bits per heavy atom. The summed E-state index contributed by atoms with van der Waals surface area (Å²) in [5, 5.41) is 5.75. The number of hydrogen-bond donors (Lipinski definition) is 4. The largest absolute Gasteiger partial charge is 0.326 e. The summed E-state index contributed by atoms with van der Waals surface area (Å²) in [5.74, 6) is -0.411. The lowest BCUT2D eigenvalue weighted by Gasteiger charge is -2.32. The lowest BCUT2D eigenvalue weighted by Crippen LogP contribution is -2.45. The second-order valence-corrected chi connectivity index (χ2v) is 6.91. The smallest absolute Gasteiger partial charge is 0.323 e. The van der Waals surface area contributed by atoms with Crippen molar-refractivity contribution in [3.05, 3.63) is 59.0 Å². The van der Waals surface area contributed by atoms with Gasteiger partial charge in [-0.1, -0.05) is 18.2 Å². The molecule has 0 saturated carbocycles. The maximum atomic E-state index is 12.7. The number of carbonyl (C=O) groups is 2. The number of hydrogen-bond acceptors (Lipinski definition) is 3. The molecule has 1 atom stereocenters. The van der Waals surface area contributed by atoms with Gasteiger partial charge >= 0.3 is 11.7 Å². The van der Waals surface area contributed by atoms with E-state index in [-0.39, 0.29) is 23.5 Å². The van der Waals surface area contributed by atoms with Crippen molar-refractivity contribution in [2.45, 2.75) is 12.8 Å². The minimum absolute atomic E-state index is 0.130. The third-order valence-electron chi connectivity index (χ3n) is 4.89. The third-order valence-corrected chi connectivity index (χ3v) is 4.89. The first kappa shape index (κ1) is 17.8. The lowest BCUT2D eigenvalue weighted by atomic mass is 9.97. The van der Waals surface area contributed by atoms with Gasteiger partial charge in [0.05, 0.1) is 17.0 Å². The number of nitrogens with one attached hydrogen (secondary N) is 4. The molecule has 0 aliphatic carbocycles. The monoisotopic (exact) mass is 379 g/mol. The van der Waals surface area contributed by atoms with E-state index < -0.39 is 0 Å². The summed E-state index contributed by atoms with van der Waals surface area (Å²) in [6, 6.07) is 14.3. The summed E-state index contributed by atoms with van der Waals surface area (Å²) in [5.41, 5.74) is 2.37. The minimum Gasteiger partial charge on any atom is -0.326 e. The van der Waals surface area contributed by atoms with E-state index in [1.807, 2.05) is 30.3 Å². The molecule has 1 aliphatic rings. The average molecular weight is 379 g/mol. The first-order valence-electron chi connectivity index (χ1n) is 9.22. The molecule has 8 nitrogen and oxygen atoms in total.